The number of hydrogen-bond donors (Lipinski definition) is 1. The largest absolute Gasteiger partial charge is 0.494 e. The zero-order chi connectivity index (χ0) is 20.9. The molecule has 0 spiro atoms. The third-order valence-electron chi connectivity index (χ3n) is 5.93. The molecule has 0 bridgehead atoms. The Morgan fingerprint density at radius 1 is 1.13 bits per heavy atom. The number of H-pyrrole nitrogens is 1. The summed E-state index contributed by atoms with van der Waals surface area (Å²) < 4.78 is 11.0. The highest BCUT2D eigenvalue weighted by Crippen LogP contribution is 2.35. The number of ether oxygens (including phenoxy) is 2. The number of hydrogen-bond acceptors (Lipinski definition) is 3. The van der Waals surface area contributed by atoms with E-state index in [2.05, 4.69) is 48.4 Å². The molecule has 1 N–H and O–H groups in total. The number of aryl methyl sites for hydroxylation is 1. The van der Waals surface area contributed by atoms with Crippen LogP contribution in [0.2, 0.25) is 0 Å². The van der Waals surface area contributed by atoms with E-state index in [-0.39, 0.29) is 11.8 Å². The van der Waals surface area contributed by atoms with Gasteiger partial charge < -0.3 is 19.4 Å². The predicted octanol–water partition coefficient (Wildman–Crippen LogP) is 4.51. The molecule has 0 aliphatic carbocycles. The van der Waals surface area contributed by atoms with Crippen molar-refractivity contribution in [1.29, 1.82) is 0 Å². The number of aromatic amines is 1. The Bertz CT molecular complexity index is 987. The summed E-state index contributed by atoms with van der Waals surface area (Å²) in [6.07, 6.45) is 3.49. The summed E-state index contributed by atoms with van der Waals surface area (Å²) in [5, 5.41) is 1.20. The van der Waals surface area contributed by atoms with Gasteiger partial charge in [-0.2, -0.15) is 0 Å². The minimum atomic E-state index is -0.0168. The number of carbonyl (C=O) groups excluding carboxylic acids is 1. The summed E-state index contributed by atoms with van der Waals surface area (Å²) in [6, 6.07) is 14.6. The van der Waals surface area contributed by atoms with E-state index in [1.54, 1.807) is 0 Å². The molecule has 0 unspecified atom stereocenters. The summed E-state index contributed by atoms with van der Waals surface area (Å²) in [4.78, 5) is 18.5. The number of carbonyl (C=O) groups is 1. The number of para-hydroxylation sites is 1. The third kappa shape index (κ3) is 4.21. The van der Waals surface area contributed by atoms with Crippen LogP contribution >= 0.6 is 0 Å². The summed E-state index contributed by atoms with van der Waals surface area (Å²) in [5.41, 5.74) is 4.77. The van der Waals surface area contributed by atoms with Crippen LogP contribution in [0.25, 0.3) is 10.9 Å². The van der Waals surface area contributed by atoms with E-state index in [0.29, 0.717) is 39.3 Å². The molecule has 1 amide bonds. The van der Waals surface area contributed by atoms with Crippen LogP contribution in [0, 0.1) is 0 Å². The van der Waals surface area contributed by atoms with Gasteiger partial charge in [0.1, 0.15) is 5.75 Å². The summed E-state index contributed by atoms with van der Waals surface area (Å²) in [5.74, 6) is 1.02. The molecule has 2 aromatic carbocycles. The van der Waals surface area contributed by atoms with Gasteiger partial charge in [0.25, 0.3) is 0 Å². The first-order valence-electron chi connectivity index (χ1n) is 10.9. The topological polar surface area (TPSA) is 54.6 Å². The van der Waals surface area contributed by atoms with Crippen LogP contribution in [-0.2, 0) is 16.0 Å². The number of aromatic nitrogens is 1. The summed E-state index contributed by atoms with van der Waals surface area (Å²) in [7, 11) is 0. The van der Waals surface area contributed by atoms with Crippen molar-refractivity contribution in [3.05, 3.63) is 65.4 Å². The Hall–Kier alpha value is -2.79. The standard InChI is InChI=1S/C25H30N2O3/c1-3-18-6-5-7-21-23(17-26-25(18)21)22(16-24(28)27-12-14-29-15-13-27)19-8-10-20(11-9-19)30-4-2/h5-11,17,22,26H,3-4,12-16H2,1-2H3/t22-/m1/s1. The maximum atomic E-state index is 13.1. The number of nitrogens with zero attached hydrogens (tertiary/aromatic N) is 1. The van der Waals surface area contributed by atoms with E-state index < -0.39 is 0 Å². The number of rotatable bonds is 7. The average Bonchev–Trinajstić information content (AvgIpc) is 3.23. The molecular weight excluding hydrogens is 376 g/mol. The highest BCUT2D eigenvalue weighted by Gasteiger charge is 2.25. The van der Waals surface area contributed by atoms with Crippen LogP contribution in [0.5, 0.6) is 5.75 Å². The van der Waals surface area contributed by atoms with Crippen molar-refractivity contribution < 1.29 is 14.3 Å². The molecule has 1 fully saturated rings. The van der Waals surface area contributed by atoms with Gasteiger partial charge in [0.2, 0.25) is 5.91 Å². The number of benzene rings is 2. The van der Waals surface area contributed by atoms with Crippen molar-refractivity contribution in [2.45, 2.75) is 32.6 Å². The van der Waals surface area contributed by atoms with Crippen LogP contribution in [0.4, 0.5) is 0 Å². The Morgan fingerprint density at radius 2 is 1.90 bits per heavy atom. The number of fused-ring (bicyclic) bond motifs is 1. The predicted molar refractivity (Wildman–Crippen MR) is 119 cm³/mol. The van der Waals surface area contributed by atoms with Gasteiger partial charge in [0.15, 0.2) is 0 Å². The Balaban J connectivity index is 1.70. The second-order valence-corrected chi connectivity index (χ2v) is 7.69. The van der Waals surface area contributed by atoms with E-state index in [1.807, 2.05) is 24.0 Å². The van der Waals surface area contributed by atoms with Gasteiger partial charge >= 0.3 is 0 Å². The van der Waals surface area contributed by atoms with E-state index in [0.717, 1.165) is 17.7 Å². The summed E-state index contributed by atoms with van der Waals surface area (Å²) in [6.45, 7) is 7.36. The van der Waals surface area contributed by atoms with E-state index >= 15 is 0 Å². The monoisotopic (exact) mass is 406 g/mol. The van der Waals surface area contributed by atoms with Gasteiger partial charge in [-0.15, -0.1) is 0 Å². The highest BCUT2D eigenvalue weighted by atomic mass is 16.5. The highest BCUT2D eigenvalue weighted by molar-refractivity contribution is 5.88. The molecule has 158 valence electrons. The van der Waals surface area contributed by atoms with Gasteiger partial charge in [-0.1, -0.05) is 37.3 Å². The maximum absolute atomic E-state index is 13.1. The Kier molecular flexibility index (Phi) is 6.38. The van der Waals surface area contributed by atoms with Crippen LogP contribution < -0.4 is 4.74 Å². The molecule has 5 heteroatoms. The molecule has 5 nitrogen and oxygen atoms in total. The molecular formula is C25H30N2O3. The first-order valence-corrected chi connectivity index (χ1v) is 10.9. The van der Waals surface area contributed by atoms with Gasteiger partial charge in [-0.05, 0) is 42.2 Å². The zero-order valence-electron chi connectivity index (χ0n) is 17.8. The first-order chi connectivity index (χ1) is 14.7. The van der Waals surface area contributed by atoms with Crippen LogP contribution in [0.15, 0.2) is 48.7 Å². The smallest absolute Gasteiger partial charge is 0.223 e. The van der Waals surface area contributed by atoms with Gasteiger partial charge in [-0.3, -0.25) is 4.79 Å². The molecule has 2 heterocycles. The lowest BCUT2D eigenvalue weighted by atomic mass is 9.87. The number of nitrogens with one attached hydrogen (secondary N) is 1. The second kappa shape index (κ2) is 9.35. The molecule has 1 saturated heterocycles. The SMILES string of the molecule is CCOc1ccc([C@@H](CC(=O)N2CCOCC2)c2c[nH]c3c(CC)cccc23)cc1. The van der Waals surface area contributed by atoms with Crippen molar-refractivity contribution in [2.24, 2.45) is 0 Å². The van der Waals surface area contributed by atoms with Gasteiger partial charge in [0.05, 0.1) is 19.8 Å². The van der Waals surface area contributed by atoms with Crippen LogP contribution in [0.1, 0.15) is 42.9 Å². The lowest BCUT2D eigenvalue weighted by molar-refractivity contribution is -0.135. The molecule has 0 saturated carbocycles. The molecule has 3 aromatic rings. The van der Waals surface area contributed by atoms with Crippen LogP contribution in [0.3, 0.4) is 0 Å². The van der Waals surface area contributed by atoms with Crippen molar-refractivity contribution in [2.75, 3.05) is 32.9 Å². The average molecular weight is 407 g/mol. The van der Waals surface area contributed by atoms with Gasteiger partial charge in [-0.25, -0.2) is 0 Å². The zero-order valence-corrected chi connectivity index (χ0v) is 17.8. The lowest BCUT2D eigenvalue weighted by Gasteiger charge is -2.28. The van der Waals surface area contributed by atoms with Crippen molar-refractivity contribution in [3.8, 4) is 5.75 Å². The number of morpholine rings is 1. The van der Waals surface area contributed by atoms with E-state index in [4.69, 9.17) is 9.47 Å². The van der Waals surface area contributed by atoms with Crippen molar-refractivity contribution in [3.63, 3.8) is 0 Å². The second-order valence-electron chi connectivity index (χ2n) is 7.69. The molecule has 1 aromatic heterocycles. The first kappa shape index (κ1) is 20.5. The summed E-state index contributed by atoms with van der Waals surface area (Å²) >= 11 is 0. The lowest BCUT2D eigenvalue weighted by Crippen LogP contribution is -2.41. The third-order valence-corrected chi connectivity index (χ3v) is 5.93. The molecule has 30 heavy (non-hydrogen) atoms. The van der Waals surface area contributed by atoms with Crippen molar-refractivity contribution in [1.82, 2.24) is 9.88 Å². The van der Waals surface area contributed by atoms with E-state index in [1.165, 1.54) is 22.0 Å². The fourth-order valence-electron chi connectivity index (χ4n) is 4.31. The van der Waals surface area contributed by atoms with Crippen LogP contribution in [-0.4, -0.2) is 48.7 Å². The quantitative estimate of drug-likeness (QED) is 0.628. The maximum Gasteiger partial charge on any atom is 0.223 e. The minimum absolute atomic E-state index is 0.0168. The Labute approximate surface area is 178 Å². The molecule has 0 radical (unpaired) electrons. The molecule has 1 atom stereocenters. The fraction of sp³-hybridized carbons (Fsp3) is 0.400. The number of amides is 1. The van der Waals surface area contributed by atoms with Crippen molar-refractivity contribution >= 4 is 16.8 Å². The molecule has 1 aliphatic heterocycles. The molecule has 4 rings (SSSR count). The van der Waals surface area contributed by atoms with Gasteiger partial charge in [0, 0.05) is 42.5 Å². The fourth-order valence-corrected chi connectivity index (χ4v) is 4.31. The minimum Gasteiger partial charge on any atom is -0.494 e. The normalized spacial score (nSPS) is 15.3. The Morgan fingerprint density at radius 3 is 2.60 bits per heavy atom. The van der Waals surface area contributed by atoms with E-state index in [9.17, 15) is 4.79 Å². The molecule has 1 aliphatic rings.